The van der Waals surface area contributed by atoms with Crippen molar-refractivity contribution in [3.63, 3.8) is 0 Å². The van der Waals surface area contributed by atoms with Gasteiger partial charge in [0.2, 0.25) is 0 Å². The molecule has 0 atom stereocenters. The number of hydrogen-bond acceptors (Lipinski definition) is 3. The molecule has 0 saturated heterocycles. The molecule has 310 valence electrons. The molecule has 7 aromatic carbocycles. The summed E-state index contributed by atoms with van der Waals surface area (Å²) in [5.74, 6) is 0.935. The monoisotopic (exact) mass is 818 g/mol. The molecule has 9 aromatic rings. The lowest BCUT2D eigenvalue weighted by Gasteiger charge is -2.36. The number of benzene rings is 7. The Kier molecular flexibility index (Phi) is 8.69. The van der Waals surface area contributed by atoms with Crippen LogP contribution in [-0.2, 0) is 16.2 Å². The van der Waals surface area contributed by atoms with E-state index < -0.39 is 5.41 Å². The fourth-order valence-corrected chi connectivity index (χ4v) is 10.5. The summed E-state index contributed by atoms with van der Waals surface area (Å²) in [4.78, 5) is 10.1. The first-order valence-corrected chi connectivity index (χ1v) is 22.4. The minimum Gasteiger partial charge on any atom is -0.321 e. The van der Waals surface area contributed by atoms with Crippen molar-refractivity contribution in [3.8, 4) is 16.9 Å². The molecule has 4 nitrogen and oxygen atoms in total. The van der Waals surface area contributed by atoms with Crippen LogP contribution in [0.15, 0.2) is 170 Å². The molecular weight excluding hydrogens is 765 g/mol. The number of aromatic nitrogens is 2. The molecule has 0 saturated carbocycles. The number of rotatable bonds is 5. The number of para-hydroxylation sites is 2. The van der Waals surface area contributed by atoms with Crippen LogP contribution in [0.2, 0.25) is 0 Å². The molecule has 1 aliphatic carbocycles. The van der Waals surface area contributed by atoms with Crippen LogP contribution in [0, 0.1) is 13.8 Å². The maximum absolute atomic E-state index is 5.08. The third-order valence-corrected chi connectivity index (χ3v) is 14.0. The van der Waals surface area contributed by atoms with Crippen molar-refractivity contribution >= 4 is 44.6 Å². The van der Waals surface area contributed by atoms with E-state index in [1.165, 1.54) is 89.2 Å². The highest BCUT2D eigenvalue weighted by Gasteiger charge is 2.47. The van der Waals surface area contributed by atoms with Crippen LogP contribution < -0.4 is 9.80 Å². The molecule has 11 rings (SSSR count). The van der Waals surface area contributed by atoms with Gasteiger partial charge >= 0.3 is 0 Å². The fourth-order valence-electron chi connectivity index (χ4n) is 10.5. The lowest BCUT2D eigenvalue weighted by molar-refractivity contribution is 0.587. The lowest BCUT2D eigenvalue weighted by Crippen LogP contribution is -2.30. The molecule has 3 heterocycles. The van der Waals surface area contributed by atoms with Gasteiger partial charge in [-0.1, -0.05) is 145 Å². The van der Waals surface area contributed by atoms with E-state index in [4.69, 9.17) is 4.98 Å². The van der Waals surface area contributed by atoms with E-state index >= 15 is 0 Å². The normalized spacial score (nSPS) is 14.3. The highest BCUT2D eigenvalue weighted by Crippen LogP contribution is 2.58. The Bertz CT molecular complexity index is 3220. The number of hydrogen-bond donors (Lipinski definition) is 0. The summed E-state index contributed by atoms with van der Waals surface area (Å²) in [5.41, 5.74) is 19.2. The van der Waals surface area contributed by atoms with Crippen LogP contribution >= 0.6 is 0 Å². The van der Waals surface area contributed by atoms with E-state index in [1.54, 1.807) is 0 Å². The lowest BCUT2D eigenvalue weighted by atomic mass is 9.66. The summed E-state index contributed by atoms with van der Waals surface area (Å²) >= 11 is 0. The van der Waals surface area contributed by atoms with Gasteiger partial charge in [-0.2, -0.15) is 0 Å². The number of pyridine rings is 1. The zero-order valence-electron chi connectivity index (χ0n) is 37.7. The van der Waals surface area contributed by atoms with Crippen molar-refractivity contribution in [2.45, 2.75) is 71.6 Å². The average Bonchev–Trinajstić information content (AvgIpc) is 3.92. The Morgan fingerprint density at radius 3 is 1.73 bits per heavy atom. The second kappa shape index (κ2) is 14.1. The van der Waals surface area contributed by atoms with Gasteiger partial charge in [0.1, 0.15) is 12.5 Å². The van der Waals surface area contributed by atoms with E-state index in [0.29, 0.717) is 6.67 Å². The van der Waals surface area contributed by atoms with Crippen molar-refractivity contribution in [1.82, 2.24) is 9.55 Å². The zero-order chi connectivity index (χ0) is 43.4. The van der Waals surface area contributed by atoms with Crippen LogP contribution in [0.3, 0.4) is 0 Å². The molecular formula is C59H54N4. The molecule has 0 amide bonds. The molecule has 0 spiro atoms. The van der Waals surface area contributed by atoms with Gasteiger partial charge in [0.15, 0.2) is 0 Å². The SMILES string of the molecule is Cc1cc2c(cc1C)N(c1cc(C(C)(C)C)cc(C3(c4ccc5c6ccccc6n(-c6cc(C(C)(C)C)ccn6)c5c4)c4ccccc4-c4ccccc43)c1)CN2c1ccccc1. The molecule has 63 heavy (non-hydrogen) atoms. The van der Waals surface area contributed by atoms with Crippen LogP contribution in [0.1, 0.15) is 86.1 Å². The molecule has 4 heteroatoms. The summed E-state index contributed by atoms with van der Waals surface area (Å²) in [6.45, 7) is 19.1. The molecule has 0 radical (unpaired) electrons. The fraction of sp³-hybridized carbons (Fsp3) is 0.203. The van der Waals surface area contributed by atoms with Crippen LogP contribution in [0.25, 0.3) is 38.8 Å². The third-order valence-electron chi connectivity index (χ3n) is 14.0. The first-order valence-electron chi connectivity index (χ1n) is 22.4. The predicted molar refractivity (Wildman–Crippen MR) is 265 cm³/mol. The minimum absolute atomic E-state index is 0.0236. The maximum Gasteiger partial charge on any atom is 0.137 e. The first-order chi connectivity index (χ1) is 30.3. The van der Waals surface area contributed by atoms with E-state index in [0.717, 1.165) is 16.9 Å². The Balaban J connectivity index is 1.22. The average molecular weight is 819 g/mol. The summed E-state index contributed by atoms with van der Waals surface area (Å²) in [6.07, 6.45) is 1.98. The Hall–Kier alpha value is -6.91. The van der Waals surface area contributed by atoms with Gasteiger partial charge in [-0.3, -0.25) is 4.57 Å². The smallest absolute Gasteiger partial charge is 0.137 e. The minimum atomic E-state index is -0.635. The van der Waals surface area contributed by atoms with Crippen molar-refractivity contribution in [1.29, 1.82) is 0 Å². The third kappa shape index (κ3) is 5.98. The summed E-state index contributed by atoms with van der Waals surface area (Å²) < 4.78 is 2.39. The van der Waals surface area contributed by atoms with Gasteiger partial charge in [-0.15, -0.1) is 0 Å². The Morgan fingerprint density at radius 1 is 0.476 bits per heavy atom. The van der Waals surface area contributed by atoms with E-state index in [2.05, 4.69) is 234 Å². The quantitative estimate of drug-likeness (QED) is 0.173. The molecule has 2 aliphatic rings. The van der Waals surface area contributed by atoms with Crippen LogP contribution in [0.4, 0.5) is 22.7 Å². The molecule has 0 N–H and O–H groups in total. The second-order valence-corrected chi connectivity index (χ2v) is 19.9. The summed E-state index contributed by atoms with van der Waals surface area (Å²) in [5, 5.41) is 2.44. The molecule has 1 aliphatic heterocycles. The van der Waals surface area contributed by atoms with E-state index in [9.17, 15) is 0 Å². The summed E-state index contributed by atoms with van der Waals surface area (Å²) in [6, 6.07) is 61.8. The van der Waals surface area contributed by atoms with E-state index in [1.807, 2.05) is 6.20 Å². The van der Waals surface area contributed by atoms with Crippen molar-refractivity contribution < 1.29 is 0 Å². The standard InChI is InChI=1S/C59H54N4/c1-38-30-54-55(31-39(38)2)62(37-61(54)44-18-10-9-11-19-44)45-33-42(58(6,7)8)32-43(34-45)59(50-23-15-12-20-46(50)47-21-13-16-24-51(47)59)41-26-27-49-48-22-14-17-25-52(48)63(53(49)35-41)56-36-40(28-29-60-56)57(3,4)5/h9-36H,37H2,1-8H3. The highest BCUT2D eigenvalue weighted by molar-refractivity contribution is 6.09. The van der Waals surface area contributed by atoms with Crippen LogP contribution in [-0.4, -0.2) is 16.2 Å². The predicted octanol–water partition coefficient (Wildman–Crippen LogP) is 15.0. The van der Waals surface area contributed by atoms with Gasteiger partial charge in [0.25, 0.3) is 0 Å². The Labute approximate surface area is 372 Å². The van der Waals surface area contributed by atoms with Gasteiger partial charge in [0.05, 0.1) is 27.8 Å². The van der Waals surface area contributed by atoms with Gasteiger partial charge in [-0.05, 0) is 141 Å². The van der Waals surface area contributed by atoms with Crippen molar-refractivity contribution in [3.05, 3.63) is 214 Å². The van der Waals surface area contributed by atoms with Gasteiger partial charge < -0.3 is 9.80 Å². The molecule has 0 fully saturated rings. The highest BCUT2D eigenvalue weighted by atomic mass is 15.4. The largest absolute Gasteiger partial charge is 0.321 e. The number of nitrogens with zero attached hydrogens (tertiary/aromatic N) is 4. The van der Waals surface area contributed by atoms with Gasteiger partial charge in [0, 0.05) is 28.3 Å². The molecule has 0 unspecified atom stereocenters. The van der Waals surface area contributed by atoms with Gasteiger partial charge in [-0.25, -0.2) is 4.98 Å². The number of aryl methyl sites for hydroxylation is 2. The second-order valence-electron chi connectivity index (χ2n) is 19.9. The topological polar surface area (TPSA) is 24.3 Å². The van der Waals surface area contributed by atoms with Crippen LogP contribution in [0.5, 0.6) is 0 Å². The van der Waals surface area contributed by atoms with E-state index in [-0.39, 0.29) is 10.8 Å². The maximum atomic E-state index is 5.08. The van der Waals surface area contributed by atoms with Crippen molar-refractivity contribution in [2.24, 2.45) is 0 Å². The van der Waals surface area contributed by atoms with Crippen molar-refractivity contribution in [2.75, 3.05) is 16.5 Å². The Morgan fingerprint density at radius 2 is 1.06 bits per heavy atom. The summed E-state index contributed by atoms with van der Waals surface area (Å²) in [7, 11) is 0. The number of fused-ring (bicyclic) bond motifs is 7. The number of anilines is 4. The molecule has 2 aromatic heterocycles. The first kappa shape index (κ1) is 39.0. The molecule has 0 bridgehead atoms. The zero-order valence-corrected chi connectivity index (χ0v) is 37.7.